The van der Waals surface area contributed by atoms with Gasteiger partial charge in [0.2, 0.25) is 0 Å². The number of hydrogen-bond acceptors (Lipinski definition) is 3. The van der Waals surface area contributed by atoms with Gasteiger partial charge in [-0.25, -0.2) is 0 Å². The van der Waals surface area contributed by atoms with Crippen LogP contribution in [0.3, 0.4) is 0 Å². The first-order chi connectivity index (χ1) is 11.1. The first-order valence-electron chi connectivity index (χ1n) is 10.2. The van der Waals surface area contributed by atoms with Crippen LogP contribution < -0.4 is 0 Å². The van der Waals surface area contributed by atoms with Gasteiger partial charge in [-0.1, -0.05) is 27.7 Å². The van der Waals surface area contributed by atoms with Gasteiger partial charge in [0.25, 0.3) is 0 Å². The highest BCUT2D eigenvalue weighted by Crippen LogP contribution is 2.48. The molecule has 1 saturated carbocycles. The zero-order valence-corrected chi connectivity index (χ0v) is 17.2. The summed E-state index contributed by atoms with van der Waals surface area (Å²) in [7, 11) is 2.19. The van der Waals surface area contributed by atoms with Crippen LogP contribution in [0.2, 0.25) is 0 Å². The van der Waals surface area contributed by atoms with Crippen LogP contribution in [0, 0.1) is 17.3 Å². The van der Waals surface area contributed by atoms with E-state index in [9.17, 15) is 0 Å². The Bertz CT molecular complexity index is 383. The van der Waals surface area contributed by atoms with Crippen LogP contribution in [0.25, 0.3) is 0 Å². The molecule has 0 bridgehead atoms. The van der Waals surface area contributed by atoms with E-state index in [1.165, 1.54) is 19.3 Å². The Morgan fingerprint density at radius 2 is 1.75 bits per heavy atom. The van der Waals surface area contributed by atoms with Crippen molar-refractivity contribution in [1.29, 1.82) is 0 Å². The molecule has 0 aromatic rings. The summed E-state index contributed by atoms with van der Waals surface area (Å²) in [5.74, 6) is 1.33. The molecule has 2 rings (SSSR count). The van der Waals surface area contributed by atoms with Crippen molar-refractivity contribution in [3.05, 3.63) is 0 Å². The van der Waals surface area contributed by atoms with Gasteiger partial charge in [-0.3, -0.25) is 0 Å². The summed E-state index contributed by atoms with van der Waals surface area (Å²) >= 11 is 0. The number of nitrogens with zero attached hydrogens (tertiary/aromatic N) is 1. The Morgan fingerprint density at radius 1 is 1.12 bits per heavy atom. The zero-order chi connectivity index (χ0) is 18.0. The fourth-order valence-electron chi connectivity index (χ4n) is 4.68. The van der Waals surface area contributed by atoms with Gasteiger partial charge in [0.15, 0.2) is 5.79 Å². The van der Waals surface area contributed by atoms with Crippen molar-refractivity contribution in [3.63, 3.8) is 0 Å². The molecule has 0 N–H and O–H groups in total. The van der Waals surface area contributed by atoms with Gasteiger partial charge in [-0.05, 0) is 63.8 Å². The van der Waals surface area contributed by atoms with Crippen LogP contribution in [-0.2, 0) is 9.47 Å². The van der Waals surface area contributed by atoms with Crippen molar-refractivity contribution >= 4 is 0 Å². The molecule has 3 nitrogen and oxygen atoms in total. The minimum atomic E-state index is -0.258. The molecule has 1 unspecified atom stereocenters. The predicted molar refractivity (Wildman–Crippen MR) is 101 cm³/mol. The molecule has 1 atom stereocenters. The molecule has 0 amide bonds. The standard InChI is InChI=1S/C21H41NO2/c1-16(2)14-20(5,6)18-8-11-21(12-9-18)23-15-19(24-21)10-13-22(7)17(3)4/h16-19H,8-15H2,1-7H3. The highest BCUT2D eigenvalue weighted by Gasteiger charge is 2.46. The molecule has 2 fully saturated rings. The Morgan fingerprint density at radius 3 is 2.29 bits per heavy atom. The molecular weight excluding hydrogens is 298 g/mol. The van der Waals surface area contributed by atoms with Gasteiger partial charge in [0.1, 0.15) is 0 Å². The molecule has 2 aliphatic rings. The van der Waals surface area contributed by atoms with Crippen LogP contribution in [0.5, 0.6) is 0 Å². The van der Waals surface area contributed by atoms with Crippen molar-refractivity contribution in [2.45, 2.75) is 98.0 Å². The van der Waals surface area contributed by atoms with Crippen molar-refractivity contribution in [3.8, 4) is 0 Å². The van der Waals surface area contributed by atoms with Crippen LogP contribution in [0.4, 0.5) is 0 Å². The molecule has 1 saturated heterocycles. The van der Waals surface area contributed by atoms with Crippen molar-refractivity contribution < 1.29 is 9.47 Å². The maximum absolute atomic E-state index is 6.41. The Labute approximate surface area is 150 Å². The molecule has 1 aliphatic carbocycles. The second kappa shape index (κ2) is 8.05. The van der Waals surface area contributed by atoms with Crippen molar-refractivity contribution in [1.82, 2.24) is 4.90 Å². The minimum absolute atomic E-state index is 0.258. The number of hydrogen-bond donors (Lipinski definition) is 0. The average molecular weight is 340 g/mol. The summed E-state index contributed by atoms with van der Waals surface area (Å²) in [6.45, 7) is 16.0. The van der Waals surface area contributed by atoms with E-state index in [1.54, 1.807) is 0 Å². The van der Waals surface area contributed by atoms with Crippen LogP contribution in [-0.4, -0.2) is 43.0 Å². The lowest BCUT2D eigenvalue weighted by atomic mass is 9.66. The molecule has 142 valence electrons. The summed E-state index contributed by atoms with van der Waals surface area (Å²) in [5.41, 5.74) is 0.438. The summed E-state index contributed by atoms with van der Waals surface area (Å²) < 4.78 is 12.6. The van der Waals surface area contributed by atoms with E-state index in [4.69, 9.17) is 9.47 Å². The van der Waals surface area contributed by atoms with E-state index >= 15 is 0 Å². The van der Waals surface area contributed by atoms with Gasteiger partial charge in [-0.2, -0.15) is 0 Å². The highest BCUT2D eigenvalue weighted by atomic mass is 16.7. The summed E-state index contributed by atoms with van der Waals surface area (Å²) in [6.07, 6.45) is 7.34. The summed E-state index contributed by atoms with van der Waals surface area (Å²) in [5, 5.41) is 0. The third kappa shape index (κ3) is 5.19. The molecule has 1 heterocycles. The van der Waals surface area contributed by atoms with E-state index in [1.807, 2.05) is 0 Å². The first kappa shape index (κ1) is 20.2. The van der Waals surface area contributed by atoms with E-state index in [0.717, 1.165) is 44.2 Å². The Hall–Kier alpha value is -0.120. The normalized spacial score (nSPS) is 31.8. The van der Waals surface area contributed by atoms with Gasteiger partial charge >= 0.3 is 0 Å². The Balaban J connectivity index is 1.79. The first-order valence-corrected chi connectivity index (χ1v) is 10.2. The number of rotatable bonds is 7. The molecule has 0 radical (unpaired) electrons. The van der Waals surface area contributed by atoms with Crippen LogP contribution in [0.1, 0.15) is 80.1 Å². The topological polar surface area (TPSA) is 21.7 Å². The van der Waals surface area contributed by atoms with Gasteiger partial charge in [0.05, 0.1) is 12.7 Å². The highest BCUT2D eigenvalue weighted by molar-refractivity contribution is 4.90. The van der Waals surface area contributed by atoms with E-state index in [0.29, 0.717) is 11.5 Å². The zero-order valence-electron chi connectivity index (χ0n) is 17.2. The SMILES string of the molecule is CC(C)CC(C)(C)C1CCC2(CC1)OCC(CCN(C)C(C)C)O2. The summed E-state index contributed by atoms with van der Waals surface area (Å²) in [6, 6.07) is 0.597. The molecule has 1 aliphatic heterocycles. The smallest absolute Gasteiger partial charge is 0.168 e. The van der Waals surface area contributed by atoms with Gasteiger partial charge in [0, 0.05) is 25.4 Å². The van der Waals surface area contributed by atoms with E-state index in [-0.39, 0.29) is 11.9 Å². The lowest BCUT2D eigenvalue weighted by Crippen LogP contribution is -2.40. The van der Waals surface area contributed by atoms with Gasteiger partial charge < -0.3 is 14.4 Å². The largest absolute Gasteiger partial charge is 0.347 e. The Kier molecular flexibility index (Phi) is 6.78. The minimum Gasteiger partial charge on any atom is -0.347 e. The monoisotopic (exact) mass is 339 g/mol. The average Bonchev–Trinajstić information content (AvgIpc) is 2.86. The maximum atomic E-state index is 6.41. The molecule has 24 heavy (non-hydrogen) atoms. The second-order valence-electron chi connectivity index (χ2n) is 9.69. The predicted octanol–water partition coefficient (Wildman–Crippen LogP) is 5.09. The lowest BCUT2D eigenvalue weighted by Gasteiger charge is -2.43. The van der Waals surface area contributed by atoms with Gasteiger partial charge in [-0.15, -0.1) is 0 Å². The third-order valence-electron chi connectivity index (χ3n) is 6.39. The summed E-state index contributed by atoms with van der Waals surface area (Å²) in [4.78, 5) is 2.39. The van der Waals surface area contributed by atoms with Crippen molar-refractivity contribution in [2.75, 3.05) is 20.2 Å². The maximum Gasteiger partial charge on any atom is 0.168 e. The molecule has 1 spiro atoms. The quantitative estimate of drug-likeness (QED) is 0.645. The second-order valence-corrected chi connectivity index (χ2v) is 9.69. The fraction of sp³-hybridized carbons (Fsp3) is 1.00. The third-order valence-corrected chi connectivity index (χ3v) is 6.39. The van der Waals surface area contributed by atoms with Crippen LogP contribution >= 0.6 is 0 Å². The molecule has 0 aromatic carbocycles. The number of ether oxygens (including phenoxy) is 2. The lowest BCUT2D eigenvalue weighted by molar-refractivity contribution is -0.198. The van der Waals surface area contributed by atoms with Crippen molar-refractivity contribution in [2.24, 2.45) is 17.3 Å². The van der Waals surface area contributed by atoms with Crippen LogP contribution in [0.15, 0.2) is 0 Å². The molecular formula is C21H41NO2. The van der Waals surface area contributed by atoms with E-state index < -0.39 is 0 Å². The molecule has 0 aromatic heterocycles. The molecule has 3 heteroatoms. The fourth-order valence-corrected chi connectivity index (χ4v) is 4.68. The van der Waals surface area contributed by atoms with E-state index in [2.05, 4.69) is 53.5 Å².